The van der Waals surface area contributed by atoms with Crippen LogP contribution < -0.4 is 0 Å². The molecule has 1 aliphatic carbocycles. The number of fused-ring (bicyclic) bond motifs is 2. The van der Waals surface area contributed by atoms with Crippen molar-refractivity contribution in [2.24, 2.45) is 0 Å². The highest BCUT2D eigenvalue weighted by molar-refractivity contribution is 7.12. The number of ketones is 1. The Morgan fingerprint density at radius 3 is 2.69 bits per heavy atom. The average Bonchev–Trinajstić information content (AvgIpc) is 3.20. The van der Waals surface area contributed by atoms with E-state index in [1.807, 2.05) is 28.5 Å². The van der Waals surface area contributed by atoms with Gasteiger partial charge in [-0.25, -0.2) is 0 Å². The van der Waals surface area contributed by atoms with Crippen molar-refractivity contribution in [2.75, 3.05) is 13.1 Å². The number of piperidine rings is 1. The van der Waals surface area contributed by atoms with Gasteiger partial charge in [0.25, 0.3) is 0 Å². The van der Waals surface area contributed by atoms with Crippen molar-refractivity contribution in [1.82, 2.24) is 4.90 Å². The number of hydrogen-bond acceptors (Lipinski definition) is 4. The van der Waals surface area contributed by atoms with Gasteiger partial charge < -0.3 is 10.0 Å². The molecule has 1 aromatic carbocycles. The molecule has 0 radical (unpaired) electrons. The number of benzene rings is 1. The van der Waals surface area contributed by atoms with Crippen molar-refractivity contribution < 1.29 is 14.7 Å². The van der Waals surface area contributed by atoms with Crippen LogP contribution in [-0.4, -0.2) is 40.9 Å². The van der Waals surface area contributed by atoms with Crippen molar-refractivity contribution in [1.29, 1.82) is 0 Å². The van der Waals surface area contributed by atoms with E-state index in [1.54, 1.807) is 6.92 Å². The lowest BCUT2D eigenvalue weighted by Crippen LogP contribution is -2.49. The zero-order valence-corrected chi connectivity index (χ0v) is 15.7. The van der Waals surface area contributed by atoms with Crippen LogP contribution in [0.1, 0.15) is 46.1 Å². The minimum atomic E-state index is -0.354. The largest absolute Gasteiger partial charge is 0.392 e. The number of thiophene rings is 1. The summed E-state index contributed by atoms with van der Waals surface area (Å²) in [6.07, 6.45) is 2.31. The van der Waals surface area contributed by atoms with Crippen molar-refractivity contribution in [3.63, 3.8) is 0 Å². The minimum absolute atomic E-state index is 0.0440. The number of carbonyl (C=O) groups is 2. The Hall–Kier alpha value is -1.98. The van der Waals surface area contributed by atoms with Gasteiger partial charge >= 0.3 is 0 Å². The number of aliphatic hydroxyl groups is 1. The van der Waals surface area contributed by atoms with Gasteiger partial charge in [-0.15, -0.1) is 11.3 Å². The molecule has 1 N–H and O–H groups in total. The van der Waals surface area contributed by atoms with Crippen molar-refractivity contribution in [2.45, 2.75) is 44.1 Å². The van der Waals surface area contributed by atoms with Gasteiger partial charge in [0, 0.05) is 18.5 Å². The molecule has 0 saturated carbocycles. The van der Waals surface area contributed by atoms with E-state index in [0.29, 0.717) is 30.8 Å². The normalized spacial score (nSPS) is 21.0. The molecule has 5 heteroatoms. The van der Waals surface area contributed by atoms with Crippen LogP contribution in [0.25, 0.3) is 0 Å². The van der Waals surface area contributed by atoms with Gasteiger partial charge in [-0.1, -0.05) is 24.3 Å². The van der Waals surface area contributed by atoms with Gasteiger partial charge in [0.05, 0.1) is 17.4 Å². The van der Waals surface area contributed by atoms with Crippen LogP contribution in [0.15, 0.2) is 35.7 Å². The van der Waals surface area contributed by atoms with E-state index >= 15 is 0 Å². The van der Waals surface area contributed by atoms with Gasteiger partial charge in [-0.3, -0.25) is 9.59 Å². The van der Waals surface area contributed by atoms with Crippen molar-refractivity contribution in [3.05, 3.63) is 57.3 Å². The van der Waals surface area contributed by atoms with E-state index in [1.165, 1.54) is 22.5 Å². The summed E-state index contributed by atoms with van der Waals surface area (Å²) in [5.74, 6) is 0.149. The summed E-state index contributed by atoms with van der Waals surface area (Å²) in [5.41, 5.74) is 3.23. The summed E-state index contributed by atoms with van der Waals surface area (Å²) in [5, 5.41) is 12.6. The third-order valence-electron chi connectivity index (χ3n) is 5.97. The predicted octanol–water partition coefficient (Wildman–Crippen LogP) is 2.97. The molecule has 1 saturated heterocycles. The van der Waals surface area contributed by atoms with E-state index < -0.39 is 0 Å². The second kappa shape index (κ2) is 6.63. The Kier molecular flexibility index (Phi) is 4.45. The maximum atomic E-state index is 12.7. The number of nitrogens with zero attached hydrogens (tertiary/aromatic N) is 1. The molecule has 1 spiro atoms. The summed E-state index contributed by atoms with van der Waals surface area (Å²) in [4.78, 5) is 26.7. The summed E-state index contributed by atoms with van der Waals surface area (Å²) in [6.45, 7) is 2.90. The van der Waals surface area contributed by atoms with E-state index in [-0.39, 0.29) is 23.2 Å². The number of amides is 1. The lowest BCUT2D eigenvalue weighted by molar-refractivity contribution is -0.132. The number of carbonyl (C=O) groups excluding carboxylic acids is 2. The van der Waals surface area contributed by atoms with Gasteiger partial charge in [0.15, 0.2) is 5.78 Å². The van der Waals surface area contributed by atoms with E-state index in [9.17, 15) is 14.7 Å². The Morgan fingerprint density at radius 2 is 2.00 bits per heavy atom. The van der Waals surface area contributed by atoms with Gasteiger partial charge in [0.1, 0.15) is 0 Å². The summed E-state index contributed by atoms with van der Waals surface area (Å²) >= 11 is 1.40. The maximum Gasteiger partial charge on any atom is 0.227 e. The Bertz CT molecular complexity index is 848. The molecule has 1 unspecified atom stereocenters. The summed E-state index contributed by atoms with van der Waals surface area (Å²) in [7, 11) is 0. The Balaban J connectivity index is 1.43. The van der Waals surface area contributed by atoms with Gasteiger partial charge in [0.2, 0.25) is 5.91 Å². The fourth-order valence-electron chi connectivity index (χ4n) is 4.46. The molecular formula is C21H23NO3S. The second-order valence-electron chi connectivity index (χ2n) is 7.47. The van der Waals surface area contributed by atoms with E-state index in [4.69, 9.17) is 0 Å². The number of rotatable bonds is 3. The molecule has 1 fully saturated rings. The standard InChI is InChI=1S/C21H23NO3S/c1-14(23)18-10-15(13-26-18)11-20(25)22-8-6-21(7-9-22)17-5-3-2-4-16(17)12-19(21)24/h2-5,10,13,19,24H,6-9,11-12H2,1H3. The first-order valence-corrected chi connectivity index (χ1v) is 10.0. The van der Waals surface area contributed by atoms with Crippen LogP contribution in [0.3, 0.4) is 0 Å². The topological polar surface area (TPSA) is 57.6 Å². The molecule has 0 bridgehead atoms. The molecule has 2 aliphatic rings. The molecule has 4 rings (SSSR count). The summed E-state index contributed by atoms with van der Waals surface area (Å²) in [6, 6.07) is 10.1. The predicted molar refractivity (Wildman–Crippen MR) is 102 cm³/mol. The van der Waals surface area contributed by atoms with Crippen LogP contribution in [0.2, 0.25) is 0 Å². The Morgan fingerprint density at radius 1 is 1.27 bits per heavy atom. The molecular weight excluding hydrogens is 346 g/mol. The van der Waals surface area contributed by atoms with Gasteiger partial charge in [-0.05, 0) is 54.3 Å². The lowest BCUT2D eigenvalue weighted by Gasteiger charge is -2.42. The third kappa shape index (κ3) is 2.89. The third-order valence-corrected chi connectivity index (χ3v) is 7.05. The number of likely N-dealkylation sites (tertiary alicyclic amines) is 1. The fraction of sp³-hybridized carbons (Fsp3) is 0.429. The smallest absolute Gasteiger partial charge is 0.227 e. The molecule has 26 heavy (non-hydrogen) atoms. The molecule has 1 amide bonds. The Labute approximate surface area is 157 Å². The number of aliphatic hydroxyl groups excluding tert-OH is 1. The minimum Gasteiger partial charge on any atom is -0.392 e. The molecule has 1 aliphatic heterocycles. The first kappa shape index (κ1) is 17.4. The summed E-state index contributed by atoms with van der Waals surface area (Å²) < 4.78 is 0. The SMILES string of the molecule is CC(=O)c1cc(CC(=O)N2CCC3(CC2)c2ccccc2CC3O)cs1. The van der Waals surface area contributed by atoms with Crippen LogP contribution in [-0.2, 0) is 23.1 Å². The zero-order chi connectivity index (χ0) is 18.3. The monoisotopic (exact) mass is 369 g/mol. The van der Waals surface area contributed by atoms with Gasteiger partial charge in [-0.2, -0.15) is 0 Å². The molecule has 2 heterocycles. The highest BCUT2D eigenvalue weighted by Crippen LogP contribution is 2.46. The fourth-order valence-corrected chi connectivity index (χ4v) is 5.28. The molecule has 2 aromatic rings. The molecule has 136 valence electrons. The quantitative estimate of drug-likeness (QED) is 0.847. The number of Topliss-reactive ketones (excluding diaryl/α,β-unsaturated/α-hetero) is 1. The highest BCUT2D eigenvalue weighted by Gasteiger charge is 2.47. The second-order valence-corrected chi connectivity index (χ2v) is 8.38. The van der Waals surface area contributed by atoms with Crippen LogP contribution in [0.4, 0.5) is 0 Å². The number of hydrogen-bond donors (Lipinski definition) is 1. The molecule has 1 aromatic heterocycles. The average molecular weight is 369 g/mol. The van der Waals surface area contributed by atoms with Crippen molar-refractivity contribution >= 4 is 23.0 Å². The maximum absolute atomic E-state index is 12.7. The van der Waals surface area contributed by atoms with E-state index in [2.05, 4.69) is 12.1 Å². The first-order valence-electron chi connectivity index (χ1n) is 9.12. The van der Waals surface area contributed by atoms with E-state index in [0.717, 1.165) is 18.4 Å². The van der Waals surface area contributed by atoms with Crippen LogP contribution in [0.5, 0.6) is 0 Å². The highest BCUT2D eigenvalue weighted by atomic mass is 32.1. The zero-order valence-electron chi connectivity index (χ0n) is 14.9. The van der Waals surface area contributed by atoms with Crippen LogP contribution >= 0.6 is 11.3 Å². The first-order chi connectivity index (χ1) is 12.5. The molecule has 1 atom stereocenters. The molecule has 4 nitrogen and oxygen atoms in total. The van der Waals surface area contributed by atoms with Crippen molar-refractivity contribution in [3.8, 4) is 0 Å². The lowest BCUT2D eigenvalue weighted by atomic mass is 9.72. The van der Waals surface area contributed by atoms with Crippen LogP contribution in [0, 0.1) is 0 Å².